The number of amides is 1. The number of nitrogens with one attached hydrogen (secondary N) is 2. The van der Waals surface area contributed by atoms with E-state index in [0.29, 0.717) is 18.7 Å². The van der Waals surface area contributed by atoms with E-state index in [1.54, 1.807) is 0 Å². The highest BCUT2D eigenvalue weighted by molar-refractivity contribution is 5.78. The molecular formula is C13H22N2O2. The molecule has 4 nitrogen and oxygen atoms in total. The molecule has 0 aromatic heterocycles. The van der Waals surface area contributed by atoms with E-state index >= 15 is 0 Å². The molecule has 2 atom stereocenters. The topological polar surface area (TPSA) is 50.4 Å². The minimum absolute atomic E-state index is 0.137. The summed E-state index contributed by atoms with van der Waals surface area (Å²) in [4.78, 5) is 11.6. The zero-order valence-corrected chi connectivity index (χ0v) is 10.3. The smallest absolute Gasteiger partial charge is 0.233 e. The van der Waals surface area contributed by atoms with E-state index in [2.05, 4.69) is 10.6 Å². The van der Waals surface area contributed by atoms with E-state index in [4.69, 9.17) is 4.74 Å². The molecule has 0 bridgehead atoms. The van der Waals surface area contributed by atoms with Crippen LogP contribution in [0.5, 0.6) is 0 Å². The Morgan fingerprint density at radius 1 is 1.18 bits per heavy atom. The zero-order valence-electron chi connectivity index (χ0n) is 10.3. The lowest BCUT2D eigenvalue weighted by atomic mass is 10.1. The van der Waals surface area contributed by atoms with Crippen molar-refractivity contribution in [3.8, 4) is 0 Å². The third-order valence-electron chi connectivity index (χ3n) is 4.03. The van der Waals surface area contributed by atoms with Crippen molar-refractivity contribution in [1.82, 2.24) is 10.6 Å². The Labute approximate surface area is 102 Å². The fourth-order valence-electron chi connectivity index (χ4n) is 2.59. The van der Waals surface area contributed by atoms with E-state index in [1.165, 1.54) is 25.7 Å². The van der Waals surface area contributed by atoms with Gasteiger partial charge < -0.3 is 15.4 Å². The highest BCUT2D eigenvalue weighted by atomic mass is 16.5. The Morgan fingerprint density at radius 2 is 2.00 bits per heavy atom. The molecule has 1 heterocycles. The Kier molecular flexibility index (Phi) is 3.34. The Balaban J connectivity index is 1.35. The van der Waals surface area contributed by atoms with Gasteiger partial charge in [-0.1, -0.05) is 0 Å². The van der Waals surface area contributed by atoms with Crippen LogP contribution in [0.4, 0.5) is 0 Å². The van der Waals surface area contributed by atoms with Gasteiger partial charge in [0, 0.05) is 19.2 Å². The van der Waals surface area contributed by atoms with Gasteiger partial charge in [0.1, 0.15) is 0 Å². The van der Waals surface area contributed by atoms with Crippen molar-refractivity contribution >= 4 is 5.91 Å². The maximum Gasteiger partial charge on any atom is 0.233 e. The predicted molar refractivity (Wildman–Crippen MR) is 64.6 cm³/mol. The summed E-state index contributed by atoms with van der Waals surface area (Å²) < 4.78 is 5.74. The predicted octanol–water partition coefficient (Wildman–Crippen LogP) is 0.670. The second-order valence-electron chi connectivity index (χ2n) is 5.70. The molecule has 3 fully saturated rings. The summed E-state index contributed by atoms with van der Waals surface area (Å²) in [5, 5.41) is 6.35. The van der Waals surface area contributed by atoms with Gasteiger partial charge >= 0.3 is 0 Å². The van der Waals surface area contributed by atoms with Gasteiger partial charge in [0.15, 0.2) is 0 Å². The van der Waals surface area contributed by atoms with Gasteiger partial charge in [-0.15, -0.1) is 0 Å². The van der Waals surface area contributed by atoms with Crippen LogP contribution >= 0.6 is 0 Å². The summed E-state index contributed by atoms with van der Waals surface area (Å²) in [5.74, 6) is 1.65. The summed E-state index contributed by atoms with van der Waals surface area (Å²) in [6, 6.07) is 0.397. The van der Waals surface area contributed by atoms with Crippen molar-refractivity contribution in [3.63, 3.8) is 0 Å². The van der Waals surface area contributed by atoms with E-state index in [0.717, 1.165) is 31.4 Å². The molecular weight excluding hydrogens is 216 g/mol. The first-order valence-corrected chi connectivity index (χ1v) is 6.94. The first kappa shape index (κ1) is 11.5. The number of carbonyl (C=O) groups is 1. The van der Waals surface area contributed by atoms with Crippen molar-refractivity contribution in [2.24, 2.45) is 11.8 Å². The Hall–Kier alpha value is -0.610. The van der Waals surface area contributed by atoms with Gasteiger partial charge in [0.25, 0.3) is 0 Å². The largest absolute Gasteiger partial charge is 0.376 e. The van der Waals surface area contributed by atoms with Gasteiger partial charge in [-0.3, -0.25) is 4.79 Å². The normalized spacial score (nSPS) is 32.7. The van der Waals surface area contributed by atoms with Gasteiger partial charge in [-0.25, -0.2) is 0 Å². The van der Waals surface area contributed by atoms with Crippen LogP contribution < -0.4 is 10.6 Å². The summed E-state index contributed by atoms with van der Waals surface area (Å²) >= 11 is 0. The van der Waals surface area contributed by atoms with Crippen molar-refractivity contribution in [3.05, 3.63) is 0 Å². The van der Waals surface area contributed by atoms with Gasteiger partial charge in [-0.2, -0.15) is 0 Å². The van der Waals surface area contributed by atoms with Gasteiger partial charge in [0.2, 0.25) is 5.91 Å². The molecule has 0 aromatic rings. The Morgan fingerprint density at radius 3 is 2.71 bits per heavy atom. The van der Waals surface area contributed by atoms with Crippen molar-refractivity contribution in [1.29, 1.82) is 0 Å². The van der Waals surface area contributed by atoms with Crippen LogP contribution in [0, 0.1) is 11.8 Å². The molecule has 3 rings (SSSR count). The molecule has 1 aliphatic heterocycles. The first-order valence-electron chi connectivity index (χ1n) is 6.94. The molecule has 17 heavy (non-hydrogen) atoms. The van der Waals surface area contributed by atoms with Crippen LogP contribution in [0.15, 0.2) is 0 Å². The average molecular weight is 238 g/mol. The molecule has 1 saturated heterocycles. The minimum atomic E-state index is 0.137. The maximum absolute atomic E-state index is 11.6. The summed E-state index contributed by atoms with van der Waals surface area (Å²) in [6.45, 7) is 2.17. The summed E-state index contributed by atoms with van der Waals surface area (Å²) in [5.41, 5.74) is 0. The third-order valence-corrected chi connectivity index (χ3v) is 4.03. The molecule has 2 N–H and O–H groups in total. The van der Waals surface area contributed by atoms with E-state index in [9.17, 15) is 4.79 Å². The first-order chi connectivity index (χ1) is 8.33. The van der Waals surface area contributed by atoms with Crippen molar-refractivity contribution in [2.45, 2.75) is 44.2 Å². The molecule has 4 heteroatoms. The molecule has 2 aliphatic carbocycles. The fraction of sp³-hybridized carbons (Fsp3) is 0.923. The number of hydrogen-bond acceptors (Lipinski definition) is 3. The van der Waals surface area contributed by atoms with Gasteiger partial charge in [-0.05, 0) is 43.9 Å². The number of carbonyl (C=O) groups excluding carboxylic acids is 1. The second-order valence-corrected chi connectivity index (χ2v) is 5.70. The second kappa shape index (κ2) is 4.94. The molecule has 0 radical (unpaired) electrons. The van der Waals surface area contributed by atoms with Crippen LogP contribution in [-0.2, 0) is 9.53 Å². The number of hydrogen-bond donors (Lipinski definition) is 2. The van der Waals surface area contributed by atoms with Crippen LogP contribution in [0.3, 0.4) is 0 Å². The quantitative estimate of drug-likeness (QED) is 0.715. The summed E-state index contributed by atoms with van der Waals surface area (Å²) in [6.07, 6.45) is 6.60. The SMILES string of the molecule is O=C(CNC1CCOC1C1CC1)NCC1CC1. The van der Waals surface area contributed by atoms with E-state index < -0.39 is 0 Å². The Bertz CT molecular complexity index is 287. The van der Waals surface area contributed by atoms with E-state index in [1.807, 2.05) is 0 Å². The third kappa shape index (κ3) is 3.19. The van der Waals surface area contributed by atoms with Crippen LogP contribution in [0.1, 0.15) is 32.1 Å². The standard InChI is InChI=1S/C13H22N2O2/c16-12(15-7-9-1-2-9)8-14-11-5-6-17-13(11)10-3-4-10/h9-11,13-14H,1-8H2,(H,15,16). The van der Waals surface area contributed by atoms with Crippen molar-refractivity contribution < 1.29 is 9.53 Å². The monoisotopic (exact) mass is 238 g/mol. The van der Waals surface area contributed by atoms with Crippen LogP contribution in [0.25, 0.3) is 0 Å². The highest BCUT2D eigenvalue weighted by Gasteiger charge is 2.40. The number of rotatable bonds is 6. The molecule has 2 saturated carbocycles. The molecule has 3 aliphatic rings. The fourth-order valence-corrected chi connectivity index (χ4v) is 2.59. The number of ether oxygens (including phenoxy) is 1. The molecule has 1 amide bonds. The highest BCUT2D eigenvalue weighted by Crippen LogP contribution is 2.38. The molecule has 96 valence electrons. The minimum Gasteiger partial charge on any atom is -0.376 e. The van der Waals surface area contributed by atoms with Crippen LogP contribution in [0.2, 0.25) is 0 Å². The maximum atomic E-state index is 11.6. The lowest BCUT2D eigenvalue weighted by Gasteiger charge is -2.19. The average Bonchev–Trinajstić information content (AvgIpc) is 3.24. The summed E-state index contributed by atoms with van der Waals surface area (Å²) in [7, 11) is 0. The van der Waals surface area contributed by atoms with Crippen LogP contribution in [-0.4, -0.2) is 37.7 Å². The zero-order chi connectivity index (χ0) is 11.7. The molecule has 2 unspecified atom stereocenters. The van der Waals surface area contributed by atoms with Gasteiger partial charge in [0.05, 0.1) is 12.6 Å². The van der Waals surface area contributed by atoms with E-state index in [-0.39, 0.29) is 5.91 Å². The lowest BCUT2D eigenvalue weighted by molar-refractivity contribution is -0.120. The van der Waals surface area contributed by atoms with Crippen molar-refractivity contribution in [2.75, 3.05) is 19.7 Å². The lowest BCUT2D eigenvalue weighted by Crippen LogP contribution is -2.43. The molecule has 0 spiro atoms. The molecule has 0 aromatic carbocycles.